The number of aryl methyl sites for hydroxylation is 3. The van der Waals surface area contributed by atoms with Gasteiger partial charge in [-0.15, -0.1) is 0 Å². The van der Waals surface area contributed by atoms with Gasteiger partial charge in [-0.05, 0) is 30.7 Å². The summed E-state index contributed by atoms with van der Waals surface area (Å²) in [5.41, 5.74) is 5.33. The number of benzene rings is 1. The van der Waals surface area contributed by atoms with Crippen molar-refractivity contribution in [2.24, 2.45) is 7.05 Å². The van der Waals surface area contributed by atoms with Gasteiger partial charge in [-0.1, -0.05) is 37.3 Å². The van der Waals surface area contributed by atoms with Crippen molar-refractivity contribution in [2.45, 2.75) is 33.5 Å². The third-order valence-electron chi connectivity index (χ3n) is 3.68. The highest BCUT2D eigenvalue weighted by atomic mass is 28.3. The first-order valence-electron chi connectivity index (χ1n) is 6.87. The van der Waals surface area contributed by atoms with E-state index in [9.17, 15) is 0 Å². The number of hydrogen-bond donors (Lipinski definition) is 0. The summed E-state index contributed by atoms with van der Waals surface area (Å²) >= 11 is 0. The SMILES string of the molecule is Cc1ccc(C)c(-c2cc([Si](C)(C)C)cc[n+]2C)c1. The fraction of sp³-hybridized carbons (Fsp3) is 0.353. The zero-order valence-corrected chi connectivity index (χ0v) is 13.9. The van der Waals surface area contributed by atoms with Gasteiger partial charge in [0.05, 0.1) is 8.07 Å². The Kier molecular flexibility index (Phi) is 3.63. The van der Waals surface area contributed by atoms with Crippen LogP contribution < -0.4 is 9.75 Å². The maximum absolute atomic E-state index is 2.40. The molecule has 0 amide bonds. The molecular formula is C17H24NSi+. The highest BCUT2D eigenvalue weighted by molar-refractivity contribution is 6.88. The number of hydrogen-bond acceptors (Lipinski definition) is 0. The average Bonchev–Trinajstić information content (AvgIpc) is 2.32. The van der Waals surface area contributed by atoms with Crippen molar-refractivity contribution in [1.29, 1.82) is 0 Å². The van der Waals surface area contributed by atoms with Crippen LogP contribution in [0.1, 0.15) is 11.1 Å². The molecule has 0 saturated carbocycles. The van der Waals surface area contributed by atoms with Gasteiger partial charge >= 0.3 is 0 Å². The van der Waals surface area contributed by atoms with Gasteiger partial charge in [0.25, 0.3) is 0 Å². The number of rotatable bonds is 2. The summed E-state index contributed by atoms with van der Waals surface area (Å²) in [5, 5.41) is 1.52. The highest BCUT2D eigenvalue weighted by Gasteiger charge is 2.21. The first-order valence-corrected chi connectivity index (χ1v) is 10.4. The van der Waals surface area contributed by atoms with Crippen molar-refractivity contribution >= 4 is 13.3 Å². The third-order valence-corrected chi connectivity index (χ3v) is 5.73. The van der Waals surface area contributed by atoms with E-state index in [0.717, 1.165) is 0 Å². The van der Waals surface area contributed by atoms with Crippen LogP contribution in [0.2, 0.25) is 19.6 Å². The van der Waals surface area contributed by atoms with Gasteiger partial charge in [-0.2, -0.15) is 0 Å². The minimum atomic E-state index is -1.26. The Bertz CT molecular complexity index is 609. The molecule has 0 atom stereocenters. The Labute approximate surface area is 117 Å². The topological polar surface area (TPSA) is 3.88 Å². The summed E-state index contributed by atoms with van der Waals surface area (Å²) in [5.74, 6) is 0. The average molecular weight is 270 g/mol. The molecule has 0 bridgehead atoms. The normalized spacial score (nSPS) is 11.7. The van der Waals surface area contributed by atoms with Crippen LogP contribution in [-0.2, 0) is 7.05 Å². The Morgan fingerprint density at radius 2 is 1.63 bits per heavy atom. The van der Waals surface area contributed by atoms with Gasteiger partial charge in [-0.25, -0.2) is 4.57 Å². The smallest absolute Gasteiger partial charge is 0.201 e. The van der Waals surface area contributed by atoms with E-state index in [-0.39, 0.29) is 0 Å². The van der Waals surface area contributed by atoms with E-state index in [4.69, 9.17) is 0 Å². The second-order valence-corrected chi connectivity index (χ2v) is 11.6. The van der Waals surface area contributed by atoms with Crippen molar-refractivity contribution in [1.82, 2.24) is 0 Å². The van der Waals surface area contributed by atoms with Gasteiger partial charge in [0.1, 0.15) is 7.05 Å². The molecule has 0 aliphatic rings. The molecule has 2 heteroatoms. The second-order valence-electron chi connectivity index (χ2n) is 6.48. The summed E-state index contributed by atoms with van der Waals surface area (Å²) in [6, 6.07) is 11.3. The lowest BCUT2D eigenvalue weighted by Gasteiger charge is -2.16. The molecule has 0 saturated heterocycles. The van der Waals surface area contributed by atoms with Crippen LogP contribution in [0.5, 0.6) is 0 Å². The van der Waals surface area contributed by atoms with Gasteiger partial charge in [0.2, 0.25) is 5.69 Å². The summed E-state index contributed by atoms with van der Waals surface area (Å²) < 4.78 is 2.23. The first kappa shape index (κ1) is 14.0. The third kappa shape index (κ3) is 2.95. The zero-order valence-electron chi connectivity index (χ0n) is 12.9. The highest BCUT2D eigenvalue weighted by Crippen LogP contribution is 2.21. The molecule has 1 nitrogen and oxygen atoms in total. The molecule has 2 rings (SSSR count). The van der Waals surface area contributed by atoms with Gasteiger partial charge in [0.15, 0.2) is 6.20 Å². The van der Waals surface area contributed by atoms with E-state index in [2.05, 4.69) is 81.6 Å². The largest absolute Gasteiger partial charge is 0.212 e. The van der Waals surface area contributed by atoms with Crippen LogP contribution in [0.25, 0.3) is 11.3 Å². The minimum Gasteiger partial charge on any atom is -0.201 e. The van der Waals surface area contributed by atoms with Crippen molar-refractivity contribution in [3.63, 3.8) is 0 Å². The predicted octanol–water partition coefficient (Wildman–Crippen LogP) is 3.34. The van der Waals surface area contributed by atoms with E-state index in [0.29, 0.717) is 0 Å². The summed E-state index contributed by atoms with van der Waals surface area (Å²) in [6.45, 7) is 11.5. The molecule has 1 aromatic heterocycles. The second kappa shape index (κ2) is 4.93. The predicted molar refractivity (Wildman–Crippen MR) is 85.5 cm³/mol. The molecule has 19 heavy (non-hydrogen) atoms. The molecule has 0 fully saturated rings. The fourth-order valence-corrected chi connectivity index (χ4v) is 3.46. The van der Waals surface area contributed by atoms with Crippen LogP contribution in [-0.4, -0.2) is 8.07 Å². The molecule has 1 aromatic carbocycles. The van der Waals surface area contributed by atoms with E-state index >= 15 is 0 Å². The monoisotopic (exact) mass is 270 g/mol. The number of nitrogens with zero attached hydrogens (tertiary/aromatic N) is 1. The van der Waals surface area contributed by atoms with Crippen molar-refractivity contribution in [3.05, 3.63) is 47.7 Å². The standard InChI is InChI=1S/C17H24NSi/c1-13-7-8-14(2)16(11-13)17-12-15(19(4,5)6)9-10-18(17)3/h7-12H,1-6H3/q+1. The Balaban J connectivity index is 2.64. The van der Waals surface area contributed by atoms with Crippen molar-refractivity contribution < 1.29 is 4.57 Å². The van der Waals surface area contributed by atoms with E-state index in [1.165, 1.54) is 27.6 Å². The maximum atomic E-state index is 2.40. The van der Waals surface area contributed by atoms with E-state index < -0.39 is 8.07 Å². The summed E-state index contributed by atoms with van der Waals surface area (Å²) in [7, 11) is 0.865. The molecule has 0 aliphatic carbocycles. The molecular weight excluding hydrogens is 246 g/mol. The Morgan fingerprint density at radius 3 is 2.26 bits per heavy atom. The molecule has 2 aromatic rings. The van der Waals surface area contributed by atoms with Gasteiger partial charge < -0.3 is 0 Å². The van der Waals surface area contributed by atoms with Gasteiger partial charge in [0, 0.05) is 17.7 Å². The molecule has 0 unspecified atom stereocenters. The Morgan fingerprint density at radius 1 is 0.947 bits per heavy atom. The van der Waals surface area contributed by atoms with Crippen LogP contribution in [0.3, 0.4) is 0 Å². The van der Waals surface area contributed by atoms with E-state index in [1.807, 2.05) is 0 Å². The minimum absolute atomic E-state index is 1.26. The molecule has 100 valence electrons. The molecule has 1 heterocycles. The fourth-order valence-electron chi connectivity index (χ4n) is 2.32. The van der Waals surface area contributed by atoms with E-state index in [1.54, 1.807) is 0 Å². The van der Waals surface area contributed by atoms with Gasteiger partial charge in [-0.3, -0.25) is 0 Å². The van der Waals surface area contributed by atoms with Crippen LogP contribution >= 0.6 is 0 Å². The quantitative estimate of drug-likeness (QED) is 0.582. The lowest BCUT2D eigenvalue weighted by Crippen LogP contribution is -2.42. The molecule has 0 aliphatic heterocycles. The van der Waals surface area contributed by atoms with Crippen LogP contribution in [0.4, 0.5) is 0 Å². The maximum Gasteiger partial charge on any atom is 0.212 e. The lowest BCUT2D eigenvalue weighted by atomic mass is 10.0. The van der Waals surface area contributed by atoms with Crippen LogP contribution in [0.15, 0.2) is 36.5 Å². The lowest BCUT2D eigenvalue weighted by molar-refractivity contribution is -0.660. The Hall–Kier alpha value is -1.41. The molecule has 0 radical (unpaired) electrons. The molecule has 0 N–H and O–H groups in total. The first-order chi connectivity index (χ1) is 8.79. The zero-order chi connectivity index (χ0) is 14.2. The van der Waals surface area contributed by atoms with Crippen molar-refractivity contribution in [3.8, 4) is 11.3 Å². The molecule has 0 spiro atoms. The number of pyridine rings is 1. The summed E-state index contributed by atoms with van der Waals surface area (Å²) in [6.07, 6.45) is 2.20. The number of aromatic nitrogens is 1. The van der Waals surface area contributed by atoms with Crippen LogP contribution in [0, 0.1) is 13.8 Å². The van der Waals surface area contributed by atoms with Crippen molar-refractivity contribution in [2.75, 3.05) is 0 Å². The summed E-state index contributed by atoms with van der Waals surface area (Å²) in [4.78, 5) is 0.